The number of rotatable bonds is 12. The lowest BCUT2D eigenvalue weighted by Gasteiger charge is -2.23. The van der Waals surface area contributed by atoms with E-state index in [9.17, 15) is 0 Å². The fourth-order valence-electron chi connectivity index (χ4n) is 2.74. The van der Waals surface area contributed by atoms with E-state index in [4.69, 9.17) is 10.5 Å². The van der Waals surface area contributed by atoms with Gasteiger partial charge in [-0.3, -0.25) is 0 Å². The predicted octanol–water partition coefficient (Wildman–Crippen LogP) is 3.22. The van der Waals surface area contributed by atoms with E-state index in [0.29, 0.717) is 6.10 Å². The monoisotopic (exact) mass is 270 g/mol. The van der Waals surface area contributed by atoms with Gasteiger partial charge >= 0.3 is 0 Å². The third-order valence-electron chi connectivity index (χ3n) is 3.98. The van der Waals surface area contributed by atoms with Crippen molar-refractivity contribution in [2.75, 3.05) is 26.2 Å². The van der Waals surface area contributed by atoms with Crippen LogP contribution in [0.2, 0.25) is 0 Å². The van der Waals surface area contributed by atoms with Crippen LogP contribution < -0.4 is 11.1 Å². The highest BCUT2D eigenvalue weighted by atomic mass is 16.5. The number of hydrogen-bond acceptors (Lipinski definition) is 3. The number of morpholine rings is 1. The maximum atomic E-state index is 5.70. The van der Waals surface area contributed by atoms with Gasteiger partial charge in [0.15, 0.2) is 0 Å². The van der Waals surface area contributed by atoms with Crippen LogP contribution >= 0.6 is 0 Å². The molecule has 1 rings (SSSR count). The largest absolute Gasteiger partial charge is 0.376 e. The first-order valence-corrected chi connectivity index (χ1v) is 8.46. The average molecular weight is 270 g/mol. The molecular formula is C16H34N2O. The smallest absolute Gasteiger partial charge is 0.0700 e. The summed E-state index contributed by atoms with van der Waals surface area (Å²) in [6, 6.07) is 0. The van der Waals surface area contributed by atoms with Crippen molar-refractivity contribution in [1.29, 1.82) is 0 Å². The van der Waals surface area contributed by atoms with Crippen molar-refractivity contribution in [3.8, 4) is 0 Å². The van der Waals surface area contributed by atoms with Gasteiger partial charge in [-0.15, -0.1) is 0 Å². The van der Waals surface area contributed by atoms with E-state index in [1.807, 2.05) is 0 Å². The number of hydrogen-bond donors (Lipinski definition) is 2. The van der Waals surface area contributed by atoms with Crippen molar-refractivity contribution in [3.63, 3.8) is 0 Å². The van der Waals surface area contributed by atoms with Gasteiger partial charge in [0.25, 0.3) is 0 Å². The quantitative estimate of drug-likeness (QED) is 0.535. The minimum atomic E-state index is 0.483. The number of nitrogens with one attached hydrogen (secondary N) is 1. The standard InChI is InChI=1S/C16H34N2O/c17-12-10-8-6-4-2-1-3-5-7-9-11-16-15-18-13-14-19-16/h16,18H,1-15,17H2. The maximum absolute atomic E-state index is 5.70. The van der Waals surface area contributed by atoms with Gasteiger partial charge < -0.3 is 15.8 Å². The molecule has 0 aromatic heterocycles. The minimum absolute atomic E-state index is 0.483. The summed E-state index contributed by atoms with van der Waals surface area (Å²) in [5.74, 6) is 0. The molecule has 0 aliphatic carbocycles. The molecule has 1 unspecified atom stereocenters. The van der Waals surface area contributed by atoms with E-state index in [2.05, 4.69) is 5.32 Å². The Hall–Kier alpha value is -0.120. The molecular weight excluding hydrogens is 236 g/mol. The second-order valence-electron chi connectivity index (χ2n) is 5.81. The summed E-state index contributed by atoms with van der Waals surface area (Å²) in [5.41, 5.74) is 5.48. The number of nitrogens with two attached hydrogens (primary N) is 1. The molecule has 1 fully saturated rings. The zero-order valence-electron chi connectivity index (χ0n) is 12.7. The Kier molecular flexibility index (Phi) is 11.5. The Balaban J connectivity index is 1.71. The van der Waals surface area contributed by atoms with Crippen molar-refractivity contribution in [2.24, 2.45) is 5.73 Å². The molecule has 0 saturated carbocycles. The van der Waals surface area contributed by atoms with Crippen molar-refractivity contribution < 1.29 is 4.74 Å². The third-order valence-corrected chi connectivity index (χ3v) is 3.98. The predicted molar refractivity (Wildman–Crippen MR) is 82.5 cm³/mol. The molecule has 3 N–H and O–H groups in total. The van der Waals surface area contributed by atoms with Crippen LogP contribution in [0.1, 0.15) is 70.6 Å². The van der Waals surface area contributed by atoms with E-state index >= 15 is 0 Å². The van der Waals surface area contributed by atoms with Gasteiger partial charge in [-0.25, -0.2) is 0 Å². The molecule has 0 aromatic rings. The molecule has 0 amide bonds. The summed E-state index contributed by atoms with van der Waals surface area (Å²) in [6.07, 6.45) is 15.4. The zero-order valence-corrected chi connectivity index (χ0v) is 12.7. The molecule has 0 aromatic carbocycles. The van der Waals surface area contributed by atoms with Crippen LogP contribution in [0.5, 0.6) is 0 Å². The minimum Gasteiger partial charge on any atom is -0.376 e. The van der Waals surface area contributed by atoms with Crippen molar-refractivity contribution in [2.45, 2.75) is 76.7 Å². The summed E-state index contributed by atoms with van der Waals surface area (Å²) in [4.78, 5) is 0. The summed E-state index contributed by atoms with van der Waals surface area (Å²) in [5, 5.41) is 3.39. The molecule has 1 heterocycles. The van der Waals surface area contributed by atoms with Gasteiger partial charge in [0, 0.05) is 13.1 Å². The Morgan fingerprint density at radius 2 is 1.42 bits per heavy atom. The molecule has 3 heteroatoms. The molecule has 0 radical (unpaired) electrons. The summed E-state index contributed by atoms with van der Waals surface area (Å²) < 4.78 is 5.70. The Bertz CT molecular complexity index is 182. The Morgan fingerprint density at radius 1 is 0.842 bits per heavy atom. The van der Waals surface area contributed by atoms with Crippen LogP contribution in [0.25, 0.3) is 0 Å². The first-order chi connectivity index (χ1) is 9.43. The molecule has 1 aliphatic rings. The molecule has 1 saturated heterocycles. The fourth-order valence-corrected chi connectivity index (χ4v) is 2.74. The van der Waals surface area contributed by atoms with Crippen molar-refractivity contribution in [3.05, 3.63) is 0 Å². The topological polar surface area (TPSA) is 47.3 Å². The van der Waals surface area contributed by atoms with Gasteiger partial charge in [-0.1, -0.05) is 57.8 Å². The zero-order chi connectivity index (χ0) is 13.6. The van der Waals surface area contributed by atoms with Crippen LogP contribution in [0, 0.1) is 0 Å². The van der Waals surface area contributed by atoms with E-state index in [1.54, 1.807) is 0 Å². The van der Waals surface area contributed by atoms with Crippen molar-refractivity contribution in [1.82, 2.24) is 5.32 Å². The van der Waals surface area contributed by atoms with Gasteiger partial charge in [0.2, 0.25) is 0 Å². The maximum Gasteiger partial charge on any atom is 0.0700 e. The van der Waals surface area contributed by atoms with Crippen LogP contribution in [-0.2, 0) is 4.74 Å². The lowest BCUT2D eigenvalue weighted by atomic mass is 10.0. The summed E-state index contributed by atoms with van der Waals surface area (Å²) in [7, 11) is 0. The van der Waals surface area contributed by atoms with E-state index in [-0.39, 0.29) is 0 Å². The SMILES string of the molecule is NCCCCCCCCCCCCC1CNCCO1. The molecule has 19 heavy (non-hydrogen) atoms. The summed E-state index contributed by atoms with van der Waals surface area (Å²) in [6.45, 7) is 3.85. The van der Waals surface area contributed by atoms with Gasteiger partial charge in [0.05, 0.1) is 12.7 Å². The van der Waals surface area contributed by atoms with E-state index < -0.39 is 0 Å². The lowest BCUT2D eigenvalue weighted by Crippen LogP contribution is -2.38. The Morgan fingerprint density at radius 3 is 1.95 bits per heavy atom. The van der Waals surface area contributed by atoms with Crippen LogP contribution in [0.3, 0.4) is 0 Å². The molecule has 1 aliphatic heterocycles. The summed E-state index contributed by atoms with van der Waals surface area (Å²) >= 11 is 0. The first-order valence-electron chi connectivity index (χ1n) is 8.46. The highest BCUT2D eigenvalue weighted by molar-refractivity contribution is 4.66. The van der Waals surface area contributed by atoms with Crippen LogP contribution in [-0.4, -0.2) is 32.3 Å². The van der Waals surface area contributed by atoms with Gasteiger partial charge in [-0.05, 0) is 19.4 Å². The van der Waals surface area contributed by atoms with Gasteiger partial charge in [-0.2, -0.15) is 0 Å². The molecule has 0 spiro atoms. The van der Waals surface area contributed by atoms with Crippen molar-refractivity contribution >= 4 is 0 Å². The fraction of sp³-hybridized carbons (Fsp3) is 1.00. The second-order valence-corrected chi connectivity index (χ2v) is 5.81. The van der Waals surface area contributed by atoms with Crippen LogP contribution in [0.15, 0.2) is 0 Å². The highest BCUT2D eigenvalue weighted by Crippen LogP contribution is 2.13. The first kappa shape index (κ1) is 16.9. The number of unbranched alkanes of at least 4 members (excludes halogenated alkanes) is 9. The second kappa shape index (κ2) is 12.9. The molecule has 1 atom stereocenters. The molecule has 3 nitrogen and oxygen atoms in total. The number of ether oxygens (including phenoxy) is 1. The average Bonchev–Trinajstić information content (AvgIpc) is 2.46. The third kappa shape index (κ3) is 10.3. The van der Waals surface area contributed by atoms with Gasteiger partial charge in [0.1, 0.15) is 0 Å². The Labute approximate surface area is 119 Å². The van der Waals surface area contributed by atoms with E-state index in [1.165, 1.54) is 70.6 Å². The van der Waals surface area contributed by atoms with E-state index in [0.717, 1.165) is 26.2 Å². The van der Waals surface area contributed by atoms with Crippen LogP contribution in [0.4, 0.5) is 0 Å². The molecule has 114 valence electrons. The normalized spacial score (nSPS) is 19.7. The highest BCUT2D eigenvalue weighted by Gasteiger charge is 2.11. The lowest BCUT2D eigenvalue weighted by molar-refractivity contribution is 0.0220. The molecule has 0 bridgehead atoms.